The van der Waals surface area contributed by atoms with Crippen molar-refractivity contribution in [3.8, 4) is 11.5 Å². The maximum atomic E-state index is 10.3. The summed E-state index contributed by atoms with van der Waals surface area (Å²) in [4.78, 5) is 10.3. The van der Waals surface area contributed by atoms with Gasteiger partial charge in [-0.15, -0.1) is 0 Å². The molecule has 1 aromatic rings. The first kappa shape index (κ1) is 16.3. The number of methoxy groups -OCH3 is 1. The van der Waals surface area contributed by atoms with Gasteiger partial charge in [-0.1, -0.05) is 13.8 Å². The molecule has 0 fully saturated rings. The second-order valence-corrected chi connectivity index (χ2v) is 4.55. The minimum absolute atomic E-state index is 0.238. The molecule has 1 aromatic carbocycles. The van der Waals surface area contributed by atoms with Gasteiger partial charge in [-0.3, -0.25) is 0 Å². The summed E-state index contributed by atoms with van der Waals surface area (Å²) in [6, 6.07) is 5.79. The predicted molar refractivity (Wildman–Crippen MR) is 75.6 cm³/mol. The molecule has 0 aliphatic rings. The number of ether oxygens (including phenoxy) is 3. The van der Waals surface area contributed by atoms with Gasteiger partial charge in [0.25, 0.3) is 0 Å². The zero-order valence-corrected chi connectivity index (χ0v) is 12.2. The van der Waals surface area contributed by atoms with E-state index in [4.69, 9.17) is 19.3 Å². The molecular weight excluding hydrogens is 260 g/mol. The predicted octanol–water partition coefficient (Wildman–Crippen LogP) is 2.69. The molecule has 0 saturated heterocycles. The van der Waals surface area contributed by atoms with Crippen LogP contribution in [0.5, 0.6) is 11.5 Å². The SMILES string of the molecule is CCC(C)c1cc(OC)cc(OCCOCC(=O)O)c1. The topological polar surface area (TPSA) is 65.0 Å². The molecule has 0 spiro atoms. The van der Waals surface area contributed by atoms with E-state index in [-0.39, 0.29) is 13.2 Å². The summed E-state index contributed by atoms with van der Waals surface area (Å²) < 4.78 is 15.7. The molecule has 0 amide bonds. The summed E-state index contributed by atoms with van der Waals surface area (Å²) in [6.45, 7) is 4.51. The molecule has 5 heteroatoms. The van der Waals surface area contributed by atoms with Crippen LogP contribution in [-0.4, -0.2) is 38.0 Å². The Morgan fingerprint density at radius 1 is 1.25 bits per heavy atom. The Balaban J connectivity index is 2.57. The Hall–Kier alpha value is -1.75. The highest BCUT2D eigenvalue weighted by Gasteiger charge is 2.08. The Labute approximate surface area is 119 Å². The van der Waals surface area contributed by atoms with Gasteiger partial charge in [0.05, 0.1) is 13.7 Å². The van der Waals surface area contributed by atoms with Gasteiger partial charge in [-0.2, -0.15) is 0 Å². The van der Waals surface area contributed by atoms with Crippen molar-refractivity contribution in [2.24, 2.45) is 0 Å². The van der Waals surface area contributed by atoms with Crippen LogP contribution < -0.4 is 9.47 Å². The fourth-order valence-corrected chi connectivity index (χ4v) is 1.69. The molecule has 20 heavy (non-hydrogen) atoms. The van der Waals surface area contributed by atoms with Crippen molar-refractivity contribution in [2.45, 2.75) is 26.2 Å². The van der Waals surface area contributed by atoms with E-state index in [0.29, 0.717) is 18.3 Å². The first-order valence-electron chi connectivity index (χ1n) is 6.68. The smallest absolute Gasteiger partial charge is 0.329 e. The van der Waals surface area contributed by atoms with Crippen LogP contribution in [0, 0.1) is 0 Å². The van der Waals surface area contributed by atoms with Gasteiger partial charge < -0.3 is 19.3 Å². The van der Waals surface area contributed by atoms with Gasteiger partial charge >= 0.3 is 5.97 Å². The third kappa shape index (κ3) is 5.48. The molecule has 0 bridgehead atoms. The lowest BCUT2D eigenvalue weighted by atomic mass is 9.98. The Morgan fingerprint density at radius 3 is 2.55 bits per heavy atom. The van der Waals surface area contributed by atoms with Gasteiger partial charge in [0.15, 0.2) is 0 Å². The van der Waals surface area contributed by atoms with E-state index in [2.05, 4.69) is 13.8 Å². The first-order chi connectivity index (χ1) is 9.56. The monoisotopic (exact) mass is 282 g/mol. The number of carboxylic acid groups (broad SMARTS) is 1. The van der Waals surface area contributed by atoms with Crippen molar-refractivity contribution >= 4 is 5.97 Å². The normalized spacial score (nSPS) is 11.9. The molecule has 0 aromatic heterocycles. The molecule has 0 heterocycles. The zero-order valence-electron chi connectivity index (χ0n) is 12.2. The van der Waals surface area contributed by atoms with E-state index in [9.17, 15) is 4.79 Å². The molecule has 5 nitrogen and oxygen atoms in total. The van der Waals surface area contributed by atoms with Crippen molar-refractivity contribution in [1.82, 2.24) is 0 Å². The van der Waals surface area contributed by atoms with Gasteiger partial charge in [-0.25, -0.2) is 4.79 Å². The summed E-state index contributed by atoms with van der Waals surface area (Å²) >= 11 is 0. The van der Waals surface area contributed by atoms with Crippen molar-refractivity contribution in [1.29, 1.82) is 0 Å². The van der Waals surface area contributed by atoms with E-state index in [1.165, 1.54) is 0 Å². The fourth-order valence-electron chi connectivity index (χ4n) is 1.69. The first-order valence-corrected chi connectivity index (χ1v) is 6.68. The number of rotatable bonds is 9. The van der Waals surface area contributed by atoms with E-state index in [1.807, 2.05) is 18.2 Å². The van der Waals surface area contributed by atoms with E-state index in [0.717, 1.165) is 17.7 Å². The number of hydrogen-bond acceptors (Lipinski definition) is 4. The Bertz CT molecular complexity index is 430. The lowest BCUT2D eigenvalue weighted by Gasteiger charge is -2.14. The van der Waals surface area contributed by atoms with Crippen molar-refractivity contribution in [3.63, 3.8) is 0 Å². The molecule has 1 rings (SSSR count). The molecule has 0 saturated carbocycles. The number of carbonyl (C=O) groups is 1. The summed E-state index contributed by atoms with van der Waals surface area (Å²) in [5.41, 5.74) is 1.16. The molecule has 1 unspecified atom stereocenters. The zero-order chi connectivity index (χ0) is 15.0. The molecule has 0 radical (unpaired) electrons. The minimum atomic E-state index is -0.981. The summed E-state index contributed by atoms with van der Waals surface area (Å²) in [6.07, 6.45) is 1.04. The average Bonchev–Trinajstić information content (AvgIpc) is 2.45. The standard InChI is InChI=1S/C15H22O5/c1-4-11(2)12-7-13(18-3)9-14(8-12)20-6-5-19-10-15(16)17/h7-9,11H,4-6,10H2,1-3H3,(H,16,17). The fraction of sp³-hybridized carbons (Fsp3) is 0.533. The van der Waals surface area contributed by atoms with Crippen LogP contribution >= 0.6 is 0 Å². The van der Waals surface area contributed by atoms with E-state index >= 15 is 0 Å². The molecule has 1 atom stereocenters. The lowest BCUT2D eigenvalue weighted by molar-refractivity contribution is -0.142. The largest absolute Gasteiger partial charge is 0.497 e. The number of carboxylic acids is 1. The third-order valence-electron chi connectivity index (χ3n) is 3.04. The van der Waals surface area contributed by atoms with E-state index in [1.54, 1.807) is 7.11 Å². The van der Waals surface area contributed by atoms with Gasteiger partial charge in [0.2, 0.25) is 0 Å². The van der Waals surface area contributed by atoms with Crippen LogP contribution in [0.2, 0.25) is 0 Å². The van der Waals surface area contributed by atoms with Gasteiger partial charge in [-0.05, 0) is 30.0 Å². The van der Waals surface area contributed by atoms with Crippen LogP contribution in [0.25, 0.3) is 0 Å². The summed E-state index contributed by atoms with van der Waals surface area (Å²) in [5.74, 6) is 0.906. The van der Waals surface area contributed by atoms with Crippen LogP contribution in [-0.2, 0) is 9.53 Å². The highest BCUT2D eigenvalue weighted by Crippen LogP contribution is 2.28. The Morgan fingerprint density at radius 2 is 1.95 bits per heavy atom. The Kier molecular flexibility index (Phi) is 6.87. The van der Waals surface area contributed by atoms with Crippen LogP contribution in [0.3, 0.4) is 0 Å². The maximum absolute atomic E-state index is 10.3. The van der Waals surface area contributed by atoms with Crippen molar-refractivity contribution in [2.75, 3.05) is 26.9 Å². The van der Waals surface area contributed by atoms with Crippen LogP contribution in [0.15, 0.2) is 18.2 Å². The van der Waals surface area contributed by atoms with Crippen molar-refractivity contribution in [3.05, 3.63) is 23.8 Å². The summed E-state index contributed by atoms with van der Waals surface area (Å²) in [5, 5.41) is 8.44. The van der Waals surface area contributed by atoms with Crippen LogP contribution in [0.1, 0.15) is 31.7 Å². The quantitative estimate of drug-likeness (QED) is 0.705. The molecule has 1 N–H and O–H groups in total. The molecule has 0 aliphatic carbocycles. The number of aliphatic carboxylic acids is 1. The van der Waals surface area contributed by atoms with Gasteiger partial charge in [0, 0.05) is 6.07 Å². The van der Waals surface area contributed by atoms with Crippen LogP contribution in [0.4, 0.5) is 0 Å². The highest BCUT2D eigenvalue weighted by atomic mass is 16.5. The minimum Gasteiger partial charge on any atom is -0.497 e. The lowest BCUT2D eigenvalue weighted by Crippen LogP contribution is -2.12. The number of benzene rings is 1. The molecular formula is C15H22O5. The number of hydrogen-bond donors (Lipinski definition) is 1. The van der Waals surface area contributed by atoms with E-state index < -0.39 is 5.97 Å². The highest BCUT2D eigenvalue weighted by molar-refractivity contribution is 5.67. The third-order valence-corrected chi connectivity index (χ3v) is 3.04. The second-order valence-electron chi connectivity index (χ2n) is 4.55. The van der Waals surface area contributed by atoms with Gasteiger partial charge in [0.1, 0.15) is 24.7 Å². The average molecular weight is 282 g/mol. The molecule has 112 valence electrons. The van der Waals surface area contributed by atoms with Crippen molar-refractivity contribution < 1.29 is 24.1 Å². The maximum Gasteiger partial charge on any atom is 0.329 e. The molecule has 0 aliphatic heterocycles. The second kappa shape index (κ2) is 8.43. The summed E-state index contributed by atoms with van der Waals surface area (Å²) in [7, 11) is 1.62.